The van der Waals surface area contributed by atoms with Crippen LogP contribution in [0.15, 0.2) is 43.1 Å². The van der Waals surface area contributed by atoms with Crippen molar-refractivity contribution in [3.8, 4) is 0 Å². The van der Waals surface area contributed by atoms with Crippen molar-refractivity contribution < 1.29 is 0 Å². The highest BCUT2D eigenvalue weighted by Crippen LogP contribution is 2.16. The Kier molecular flexibility index (Phi) is 3.34. The van der Waals surface area contributed by atoms with Gasteiger partial charge in [-0.2, -0.15) is 0 Å². The lowest BCUT2D eigenvalue weighted by molar-refractivity contribution is 0.198. The minimum atomic E-state index is 0.136. The lowest BCUT2D eigenvalue weighted by atomic mass is 10.1. The molecule has 1 nitrogen and oxygen atoms in total. The molecule has 0 saturated heterocycles. The molecule has 0 aliphatic rings. The smallest absolute Gasteiger partial charge is 0.0429 e. The number of benzene rings is 1. The Morgan fingerprint density at radius 2 is 1.79 bits per heavy atom. The van der Waals surface area contributed by atoms with Gasteiger partial charge >= 0.3 is 0 Å². The zero-order valence-electron chi connectivity index (χ0n) is 9.33. The average molecular weight is 189 g/mol. The van der Waals surface area contributed by atoms with Gasteiger partial charge in [-0.05, 0) is 32.5 Å². The standard InChI is InChI=1S/C13H19N/c1-5-14(13(2,3)4)11-12-9-7-6-8-10-12/h5-10H,1,11H2,2-4H3. The summed E-state index contributed by atoms with van der Waals surface area (Å²) in [5, 5.41) is 0. The molecule has 1 aromatic carbocycles. The normalized spacial score (nSPS) is 11.1. The number of nitrogens with zero attached hydrogens (tertiary/aromatic N) is 1. The molecular formula is C13H19N. The molecule has 1 heteroatoms. The van der Waals surface area contributed by atoms with Gasteiger partial charge in [0.2, 0.25) is 0 Å². The Balaban J connectivity index is 2.72. The quantitative estimate of drug-likeness (QED) is 0.704. The first kappa shape index (κ1) is 10.8. The molecule has 0 amide bonds. The molecule has 0 atom stereocenters. The van der Waals surface area contributed by atoms with E-state index < -0.39 is 0 Å². The lowest BCUT2D eigenvalue weighted by Gasteiger charge is -2.34. The second-order valence-electron chi connectivity index (χ2n) is 4.47. The van der Waals surface area contributed by atoms with Crippen molar-refractivity contribution in [2.45, 2.75) is 32.9 Å². The molecule has 0 aromatic heterocycles. The first-order valence-corrected chi connectivity index (χ1v) is 4.97. The summed E-state index contributed by atoms with van der Waals surface area (Å²) in [5.41, 5.74) is 1.46. The largest absolute Gasteiger partial charge is 0.369 e. The molecule has 0 radical (unpaired) electrons. The van der Waals surface area contributed by atoms with E-state index in [-0.39, 0.29) is 5.54 Å². The molecule has 0 spiro atoms. The van der Waals surface area contributed by atoms with Gasteiger partial charge < -0.3 is 4.90 Å². The summed E-state index contributed by atoms with van der Waals surface area (Å²) in [6, 6.07) is 10.5. The zero-order valence-corrected chi connectivity index (χ0v) is 9.33. The number of hydrogen-bond donors (Lipinski definition) is 0. The van der Waals surface area contributed by atoms with E-state index in [1.165, 1.54) is 5.56 Å². The minimum absolute atomic E-state index is 0.136. The van der Waals surface area contributed by atoms with E-state index in [2.05, 4.69) is 56.5 Å². The molecule has 76 valence electrons. The maximum atomic E-state index is 3.85. The van der Waals surface area contributed by atoms with Gasteiger partial charge in [-0.1, -0.05) is 36.9 Å². The fourth-order valence-corrected chi connectivity index (χ4v) is 1.36. The Hall–Kier alpha value is -1.24. The van der Waals surface area contributed by atoms with Crippen LogP contribution >= 0.6 is 0 Å². The summed E-state index contributed by atoms with van der Waals surface area (Å²) in [6.45, 7) is 11.4. The zero-order chi connectivity index (χ0) is 10.6. The van der Waals surface area contributed by atoms with E-state index in [0.717, 1.165) is 6.54 Å². The van der Waals surface area contributed by atoms with Gasteiger partial charge in [0, 0.05) is 12.1 Å². The van der Waals surface area contributed by atoms with E-state index in [4.69, 9.17) is 0 Å². The van der Waals surface area contributed by atoms with Crippen LogP contribution in [0, 0.1) is 0 Å². The molecule has 0 aliphatic heterocycles. The van der Waals surface area contributed by atoms with Crippen LogP contribution in [-0.4, -0.2) is 10.4 Å². The lowest BCUT2D eigenvalue weighted by Crippen LogP contribution is -2.36. The van der Waals surface area contributed by atoms with E-state index in [0.29, 0.717) is 0 Å². The van der Waals surface area contributed by atoms with Crippen LogP contribution < -0.4 is 0 Å². The number of hydrogen-bond acceptors (Lipinski definition) is 1. The molecule has 0 saturated carbocycles. The van der Waals surface area contributed by atoms with Gasteiger partial charge in [-0.3, -0.25) is 0 Å². The van der Waals surface area contributed by atoms with Crippen LogP contribution in [0.2, 0.25) is 0 Å². The van der Waals surface area contributed by atoms with E-state index in [1.807, 2.05) is 12.3 Å². The fraction of sp³-hybridized carbons (Fsp3) is 0.385. The van der Waals surface area contributed by atoms with Gasteiger partial charge in [0.25, 0.3) is 0 Å². The number of rotatable bonds is 3. The second-order valence-corrected chi connectivity index (χ2v) is 4.47. The fourth-order valence-electron chi connectivity index (χ4n) is 1.36. The van der Waals surface area contributed by atoms with Crippen LogP contribution in [0.3, 0.4) is 0 Å². The first-order valence-electron chi connectivity index (χ1n) is 4.97. The predicted molar refractivity (Wildman–Crippen MR) is 61.9 cm³/mol. The second kappa shape index (κ2) is 4.32. The SMILES string of the molecule is C=CN(Cc1ccccc1)C(C)(C)C. The Bertz CT molecular complexity index is 282. The van der Waals surface area contributed by atoms with Gasteiger partial charge in [0.05, 0.1) is 0 Å². The Morgan fingerprint density at radius 3 is 2.21 bits per heavy atom. The molecule has 0 bridgehead atoms. The highest BCUT2D eigenvalue weighted by Gasteiger charge is 2.16. The van der Waals surface area contributed by atoms with Crippen molar-refractivity contribution >= 4 is 0 Å². The molecule has 14 heavy (non-hydrogen) atoms. The summed E-state index contributed by atoms with van der Waals surface area (Å²) in [7, 11) is 0. The molecular weight excluding hydrogens is 170 g/mol. The Morgan fingerprint density at radius 1 is 1.21 bits per heavy atom. The van der Waals surface area contributed by atoms with Crippen molar-refractivity contribution in [1.29, 1.82) is 0 Å². The minimum Gasteiger partial charge on any atom is -0.369 e. The molecule has 1 aromatic rings. The van der Waals surface area contributed by atoms with Crippen molar-refractivity contribution in [1.82, 2.24) is 4.90 Å². The maximum absolute atomic E-state index is 3.85. The molecule has 0 heterocycles. The van der Waals surface area contributed by atoms with Gasteiger partial charge in [0.15, 0.2) is 0 Å². The van der Waals surface area contributed by atoms with Crippen LogP contribution in [0.5, 0.6) is 0 Å². The summed E-state index contributed by atoms with van der Waals surface area (Å²) >= 11 is 0. The molecule has 0 fully saturated rings. The highest BCUT2D eigenvalue weighted by molar-refractivity contribution is 5.15. The Labute approximate surface area is 87.1 Å². The molecule has 0 unspecified atom stereocenters. The van der Waals surface area contributed by atoms with Crippen LogP contribution in [-0.2, 0) is 6.54 Å². The van der Waals surface area contributed by atoms with E-state index in [1.54, 1.807) is 0 Å². The third-order valence-corrected chi connectivity index (χ3v) is 2.28. The maximum Gasteiger partial charge on any atom is 0.0429 e. The van der Waals surface area contributed by atoms with Gasteiger partial charge in [0.1, 0.15) is 0 Å². The monoisotopic (exact) mass is 189 g/mol. The van der Waals surface area contributed by atoms with Crippen molar-refractivity contribution in [2.75, 3.05) is 0 Å². The van der Waals surface area contributed by atoms with E-state index >= 15 is 0 Å². The third kappa shape index (κ3) is 2.91. The summed E-state index contributed by atoms with van der Waals surface area (Å²) < 4.78 is 0. The average Bonchev–Trinajstić information content (AvgIpc) is 2.14. The third-order valence-electron chi connectivity index (χ3n) is 2.28. The molecule has 0 N–H and O–H groups in total. The molecule has 1 rings (SSSR count). The predicted octanol–water partition coefficient (Wildman–Crippen LogP) is 3.43. The summed E-state index contributed by atoms with van der Waals surface area (Å²) in [4.78, 5) is 2.24. The molecule has 0 aliphatic carbocycles. The highest BCUT2D eigenvalue weighted by atomic mass is 15.2. The summed E-state index contributed by atoms with van der Waals surface area (Å²) in [5.74, 6) is 0. The van der Waals surface area contributed by atoms with Crippen molar-refractivity contribution in [3.05, 3.63) is 48.7 Å². The van der Waals surface area contributed by atoms with E-state index in [9.17, 15) is 0 Å². The topological polar surface area (TPSA) is 3.24 Å². The first-order chi connectivity index (χ1) is 6.54. The van der Waals surface area contributed by atoms with Crippen LogP contribution in [0.25, 0.3) is 0 Å². The van der Waals surface area contributed by atoms with Crippen LogP contribution in [0.1, 0.15) is 26.3 Å². The van der Waals surface area contributed by atoms with Gasteiger partial charge in [-0.15, -0.1) is 0 Å². The van der Waals surface area contributed by atoms with Gasteiger partial charge in [-0.25, -0.2) is 0 Å². The summed E-state index contributed by atoms with van der Waals surface area (Å²) in [6.07, 6.45) is 1.91. The van der Waals surface area contributed by atoms with Crippen molar-refractivity contribution in [3.63, 3.8) is 0 Å². The van der Waals surface area contributed by atoms with Crippen LogP contribution in [0.4, 0.5) is 0 Å². The van der Waals surface area contributed by atoms with Crippen molar-refractivity contribution in [2.24, 2.45) is 0 Å².